The van der Waals surface area contributed by atoms with Crippen molar-refractivity contribution in [1.29, 1.82) is 0 Å². The molecule has 9 heteroatoms. The first-order chi connectivity index (χ1) is 17.9. The number of benzene rings is 3. The maximum absolute atomic E-state index is 13.1. The van der Waals surface area contributed by atoms with Gasteiger partial charge in [0.15, 0.2) is 16.7 Å². The molecule has 0 aromatic heterocycles. The molecule has 1 saturated heterocycles. The second-order valence-electron chi connectivity index (χ2n) is 7.96. The number of aliphatic imine (C=N–C) groups is 1. The Balaban J connectivity index is 1.51. The number of rotatable bonds is 8. The van der Waals surface area contributed by atoms with Crippen LogP contribution < -0.4 is 9.47 Å². The molecule has 0 radical (unpaired) electrons. The number of amides is 1. The fraction of sp³-hybridized carbons (Fsp3) is 0.179. The number of likely N-dealkylation sites (N-methyl/N-ethyl adjacent to an activating group) is 1. The summed E-state index contributed by atoms with van der Waals surface area (Å²) in [4.78, 5) is 31.0. The lowest BCUT2D eigenvalue weighted by Crippen LogP contribution is -2.23. The van der Waals surface area contributed by atoms with Crippen molar-refractivity contribution in [2.45, 2.75) is 13.5 Å². The van der Waals surface area contributed by atoms with Crippen LogP contribution in [0.3, 0.4) is 0 Å². The highest BCUT2D eigenvalue weighted by Crippen LogP contribution is 2.35. The molecule has 1 amide bonds. The highest BCUT2D eigenvalue weighted by atomic mass is 32.2. The molecule has 0 saturated carbocycles. The Morgan fingerprint density at radius 3 is 2.43 bits per heavy atom. The Morgan fingerprint density at radius 2 is 1.76 bits per heavy atom. The summed E-state index contributed by atoms with van der Waals surface area (Å²) in [6.45, 7) is 2.58. The van der Waals surface area contributed by atoms with Gasteiger partial charge in [-0.05, 0) is 84.4 Å². The van der Waals surface area contributed by atoms with Crippen molar-refractivity contribution in [1.82, 2.24) is 4.90 Å². The van der Waals surface area contributed by atoms with E-state index in [4.69, 9.17) is 14.2 Å². The van der Waals surface area contributed by atoms with Gasteiger partial charge in [-0.25, -0.2) is 14.2 Å². The molecule has 190 valence electrons. The standard InChI is InChI=1S/C28H25FN2O5S/c1-4-35-24-15-19(7-14-23(24)36-17-18-5-10-21(29)11-6-18)16-25-26(32)31(2)28(37-25)30-22-12-8-20(9-13-22)27(33)34-3/h5-16H,4,17H2,1-3H3/b25-16-,30-28?. The lowest BCUT2D eigenvalue weighted by molar-refractivity contribution is -0.121. The minimum Gasteiger partial charge on any atom is -0.490 e. The Morgan fingerprint density at radius 1 is 1.03 bits per heavy atom. The predicted molar refractivity (Wildman–Crippen MR) is 142 cm³/mol. The van der Waals surface area contributed by atoms with Crippen LogP contribution in [-0.4, -0.2) is 42.7 Å². The SMILES string of the molecule is CCOc1cc(/C=C2\SC(=Nc3ccc(C(=O)OC)cc3)N(C)C2=O)ccc1OCc1ccc(F)cc1. The van der Waals surface area contributed by atoms with Gasteiger partial charge in [0.05, 0.1) is 29.9 Å². The Labute approximate surface area is 218 Å². The Hall–Kier alpha value is -4.11. The molecular formula is C28H25FN2O5S. The van der Waals surface area contributed by atoms with Crippen molar-refractivity contribution < 1.29 is 28.2 Å². The lowest BCUT2D eigenvalue weighted by atomic mass is 10.1. The van der Waals surface area contributed by atoms with E-state index in [9.17, 15) is 14.0 Å². The molecule has 3 aromatic rings. The predicted octanol–water partition coefficient (Wildman–Crippen LogP) is 5.82. The third kappa shape index (κ3) is 6.37. The van der Waals surface area contributed by atoms with Gasteiger partial charge in [-0.1, -0.05) is 18.2 Å². The molecule has 1 heterocycles. The van der Waals surface area contributed by atoms with Gasteiger partial charge in [0.25, 0.3) is 5.91 Å². The summed E-state index contributed by atoms with van der Waals surface area (Å²) in [5.41, 5.74) is 2.63. The molecule has 0 aliphatic carbocycles. The number of hydrogen-bond donors (Lipinski definition) is 0. The molecule has 1 aliphatic rings. The normalized spacial score (nSPS) is 15.4. The van der Waals surface area contributed by atoms with E-state index in [0.717, 1.165) is 11.1 Å². The largest absolute Gasteiger partial charge is 0.490 e. The third-order valence-corrected chi connectivity index (χ3v) is 6.45. The smallest absolute Gasteiger partial charge is 0.337 e. The van der Waals surface area contributed by atoms with Crippen molar-refractivity contribution in [2.75, 3.05) is 20.8 Å². The molecule has 0 unspecified atom stereocenters. The first-order valence-corrected chi connectivity index (χ1v) is 12.3. The van der Waals surface area contributed by atoms with Gasteiger partial charge in [0.2, 0.25) is 0 Å². The maximum Gasteiger partial charge on any atom is 0.337 e. The number of nitrogens with zero attached hydrogens (tertiary/aromatic N) is 2. The summed E-state index contributed by atoms with van der Waals surface area (Å²) in [5.74, 6) is 0.191. The summed E-state index contributed by atoms with van der Waals surface area (Å²) in [7, 11) is 2.99. The lowest BCUT2D eigenvalue weighted by Gasteiger charge is -2.13. The summed E-state index contributed by atoms with van der Waals surface area (Å²) in [5, 5.41) is 0.520. The zero-order valence-corrected chi connectivity index (χ0v) is 21.4. The number of carbonyl (C=O) groups is 2. The van der Waals surface area contributed by atoms with E-state index >= 15 is 0 Å². The number of esters is 1. The van der Waals surface area contributed by atoms with Crippen molar-refractivity contribution in [3.63, 3.8) is 0 Å². The van der Waals surface area contributed by atoms with E-state index in [-0.39, 0.29) is 18.3 Å². The van der Waals surface area contributed by atoms with Gasteiger partial charge in [-0.3, -0.25) is 9.69 Å². The second-order valence-corrected chi connectivity index (χ2v) is 8.97. The monoisotopic (exact) mass is 520 g/mol. The maximum atomic E-state index is 13.1. The average Bonchev–Trinajstić information content (AvgIpc) is 3.17. The van der Waals surface area contributed by atoms with Gasteiger partial charge in [0, 0.05) is 7.05 Å². The first-order valence-electron chi connectivity index (χ1n) is 11.5. The van der Waals surface area contributed by atoms with Gasteiger partial charge in [0.1, 0.15) is 12.4 Å². The number of carbonyl (C=O) groups excluding carboxylic acids is 2. The van der Waals surface area contributed by atoms with E-state index in [1.54, 1.807) is 55.6 Å². The molecular weight excluding hydrogens is 495 g/mol. The van der Waals surface area contributed by atoms with E-state index in [0.29, 0.717) is 39.4 Å². The summed E-state index contributed by atoms with van der Waals surface area (Å²) >= 11 is 1.26. The van der Waals surface area contributed by atoms with Crippen LogP contribution in [0.25, 0.3) is 6.08 Å². The number of thioether (sulfide) groups is 1. The van der Waals surface area contributed by atoms with Crippen LogP contribution in [-0.2, 0) is 16.1 Å². The van der Waals surface area contributed by atoms with E-state index in [1.165, 1.54) is 35.9 Å². The molecule has 0 N–H and O–H groups in total. The van der Waals surface area contributed by atoms with Crippen molar-refractivity contribution in [3.8, 4) is 11.5 Å². The molecule has 3 aromatic carbocycles. The van der Waals surface area contributed by atoms with Gasteiger partial charge >= 0.3 is 5.97 Å². The molecule has 1 fully saturated rings. The number of amidine groups is 1. The second kappa shape index (κ2) is 11.7. The summed E-state index contributed by atoms with van der Waals surface area (Å²) in [6, 6.07) is 18.2. The van der Waals surface area contributed by atoms with Crippen LogP contribution in [0.4, 0.5) is 10.1 Å². The minimum atomic E-state index is -0.426. The van der Waals surface area contributed by atoms with Crippen LogP contribution in [0.2, 0.25) is 0 Å². The van der Waals surface area contributed by atoms with Crippen molar-refractivity contribution >= 4 is 40.6 Å². The fourth-order valence-corrected chi connectivity index (χ4v) is 4.43. The van der Waals surface area contributed by atoms with Crippen LogP contribution in [0.5, 0.6) is 11.5 Å². The Kier molecular flexibility index (Phi) is 8.25. The Bertz CT molecular complexity index is 1350. The highest BCUT2D eigenvalue weighted by molar-refractivity contribution is 8.18. The summed E-state index contributed by atoms with van der Waals surface area (Å²) < 4.78 is 29.5. The van der Waals surface area contributed by atoms with Crippen LogP contribution in [0.15, 0.2) is 76.6 Å². The van der Waals surface area contributed by atoms with E-state index < -0.39 is 5.97 Å². The zero-order chi connectivity index (χ0) is 26.4. The molecule has 0 spiro atoms. The first kappa shape index (κ1) is 26.0. The van der Waals surface area contributed by atoms with Crippen LogP contribution in [0, 0.1) is 5.82 Å². The van der Waals surface area contributed by atoms with E-state index in [1.807, 2.05) is 19.1 Å². The van der Waals surface area contributed by atoms with Crippen LogP contribution >= 0.6 is 11.8 Å². The summed E-state index contributed by atoms with van der Waals surface area (Å²) in [6.07, 6.45) is 1.78. The molecule has 0 atom stereocenters. The van der Waals surface area contributed by atoms with Gasteiger partial charge in [-0.2, -0.15) is 0 Å². The third-order valence-electron chi connectivity index (χ3n) is 5.39. The van der Waals surface area contributed by atoms with E-state index in [2.05, 4.69) is 4.99 Å². The van der Waals surface area contributed by atoms with Crippen molar-refractivity contribution in [3.05, 3.63) is 94.1 Å². The molecule has 7 nitrogen and oxygen atoms in total. The van der Waals surface area contributed by atoms with Gasteiger partial charge in [-0.15, -0.1) is 0 Å². The quantitative estimate of drug-likeness (QED) is 0.275. The molecule has 0 bridgehead atoms. The molecule has 37 heavy (non-hydrogen) atoms. The molecule has 4 rings (SSSR count). The number of ether oxygens (including phenoxy) is 3. The van der Waals surface area contributed by atoms with Crippen LogP contribution in [0.1, 0.15) is 28.4 Å². The highest BCUT2D eigenvalue weighted by Gasteiger charge is 2.30. The number of hydrogen-bond acceptors (Lipinski definition) is 7. The minimum absolute atomic E-state index is 0.176. The molecule has 1 aliphatic heterocycles. The average molecular weight is 521 g/mol. The fourth-order valence-electron chi connectivity index (χ4n) is 3.45. The van der Waals surface area contributed by atoms with Gasteiger partial charge < -0.3 is 14.2 Å². The zero-order valence-electron chi connectivity index (χ0n) is 20.6. The van der Waals surface area contributed by atoms with Crippen molar-refractivity contribution in [2.24, 2.45) is 4.99 Å². The topological polar surface area (TPSA) is 77.4 Å². The number of methoxy groups -OCH3 is 1. The number of halogens is 1.